The van der Waals surface area contributed by atoms with E-state index >= 15 is 0 Å². The Balaban J connectivity index is 1.87. The quantitative estimate of drug-likeness (QED) is 0.867. The topological polar surface area (TPSA) is 80.4 Å². The van der Waals surface area contributed by atoms with Gasteiger partial charge >= 0.3 is 5.69 Å². The van der Waals surface area contributed by atoms with Gasteiger partial charge in [-0.1, -0.05) is 0 Å². The van der Waals surface area contributed by atoms with E-state index in [1.54, 1.807) is 0 Å². The first kappa shape index (κ1) is 16.3. The van der Waals surface area contributed by atoms with Crippen LogP contribution in [0.3, 0.4) is 0 Å². The van der Waals surface area contributed by atoms with Crippen molar-refractivity contribution in [2.75, 3.05) is 6.54 Å². The minimum atomic E-state index is -0.845. The molecule has 0 saturated carbocycles. The molecule has 3 rings (SSSR count). The van der Waals surface area contributed by atoms with Gasteiger partial charge in [0.25, 0.3) is 0 Å². The predicted octanol–water partition coefficient (Wildman–Crippen LogP) is 0.194. The maximum absolute atomic E-state index is 14.0. The first-order valence-corrected chi connectivity index (χ1v) is 7.37. The number of aliphatic hydroxyl groups excluding tert-OH is 1. The normalized spacial score (nSPS) is 20.6. The van der Waals surface area contributed by atoms with Gasteiger partial charge in [-0.3, -0.25) is 9.36 Å². The van der Waals surface area contributed by atoms with Crippen molar-refractivity contribution in [3.8, 4) is 0 Å². The van der Waals surface area contributed by atoms with Crippen molar-refractivity contribution in [2.45, 2.75) is 25.1 Å². The van der Waals surface area contributed by atoms with Crippen LogP contribution in [0.5, 0.6) is 0 Å². The molecule has 0 bridgehead atoms. The minimum Gasteiger partial charge on any atom is -0.391 e. The van der Waals surface area contributed by atoms with E-state index in [0.717, 1.165) is 22.9 Å². The molecular weight excluding hydrogens is 322 g/mol. The molecule has 1 aliphatic heterocycles. The number of aromatic nitrogens is 3. The number of hydrogen-bond acceptors (Lipinski definition) is 4. The second-order valence-electron chi connectivity index (χ2n) is 5.80. The Kier molecular flexibility index (Phi) is 4.18. The first-order valence-electron chi connectivity index (χ1n) is 7.37. The van der Waals surface area contributed by atoms with Crippen molar-refractivity contribution in [3.63, 3.8) is 0 Å². The number of carbonyl (C=O) groups is 1. The molecule has 1 saturated heterocycles. The van der Waals surface area contributed by atoms with Gasteiger partial charge in [0, 0.05) is 19.2 Å². The molecule has 1 N–H and O–H groups in total. The molecule has 2 aromatic rings. The summed E-state index contributed by atoms with van der Waals surface area (Å²) in [6.45, 7) is -0.346. The van der Waals surface area contributed by atoms with Gasteiger partial charge in [-0.05, 0) is 24.6 Å². The summed E-state index contributed by atoms with van der Waals surface area (Å²) in [7, 11) is 1.50. The van der Waals surface area contributed by atoms with Crippen molar-refractivity contribution in [1.82, 2.24) is 19.2 Å². The van der Waals surface area contributed by atoms with Gasteiger partial charge in [0.2, 0.25) is 5.91 Å². The van der Waals surface area contributed by atoms with Crippen LogP contribution in [0.4, 0.5) is 8.78 Å². The Morgan fingerprint density at radius 2 is 2.17 bits per heavy atom. The van der Waals surface area contributed by atoms with Gasteiger partial charge in [0.05, 0.1) is 12.1 Å². The van der Waals surface area contributed by atoms with E-state index in [9.17, 15) is 23.5 Å². The zero-order chi connectivity index (χ0) is 17.4. The highest BCUT2D eigenvalue weighted by Crippen LogP contribution is 2.34. The van der Waals surface area contributed by atoms with E-state index in [-0.39, 0.29) is 25.1 Å². The Morgan fingerprint density at radius 3 is 2.83 bits per heavy atom. The van der Waals surface area contributed by atoms with Crippen LogP contribution in [0.1, 0.15) is 18.0 Å². The highest BCUT2D eigenvalue weighted by atomic mass is 19.1. The number of halogens is 2. The van der Waals surface area contributed by atoms with E-state index in [2.05, 4.69) is 5.10 Å². The van der Waals surface area contributed by atoms with Crippen molar-refractivity contribution in [2.24, 2.45) is 7.05 Å². The Labute approximate surface area is 135 Å². The third-order valence-corrected chi connectivity index (χ3v) is 4.09. The molecule has 128 valence electrons. The summed E-state index contributed by atoms with van der Waals surface area (Å²) in [5.41, 5.74) is -0.454. The lowest BCUT2D eigenvalue weighted by atomic mass is 10.0. The molecule has 1 aliphatic rings. The van der Waals surface area contributed by atoms with Crippen molar-refractivity contribution in [3.05, 3.63) is 52.2 Å². The number of benzene rings is 1. The summed E-state index contributed by atoms with van der Waals surface area (Å²) in [6.07, 6.45) is 0.531. The summed E-state index contributed by atoms with van der Waals surface area (Å²) in [5.74, 6) is -1.77. The molecule has 9 heteroatoms. The molecule has 0 spiro atoms. The van der Waals surface area contributed by atoms with Crippen LogP contribution in [-0.4, -0.2) is 42.9 Å². The molecule has 1 amide bonds. The second kappa shape index (κ2) is 6.16. The number of nitrogens with zero attached hydrogens (tertiary/aromatic N) is 4. The molecule has 0 aliphatic carbocycles. The van der Waals surface area contributed by atoms with Gasteiger partial charge < -0.3 is 10.0 Å². The fourth-order valence-electron chi connectivity index (χ4n) is 2.90. The zero-order valence-corrected chi connectivity index (χ0v) is 12.9. The second-order valence-corrected chi connectivity index (χ2v) is 5.80. The summed E-state index contributed by atoms with van der Waals surface area (Å²) in [6, 6.07) is 2.21. The van der Waals surface area contributed by atoms with Gasteiger partial charge in [-0.25, -0.2) is 18.3 Å². The lowest BCUT2D eigenvalue weighted by molar-refractivity contribution is -0.133. The van der Waals surface area contributed by atoms with Gasteiger partial charge in [-0.15, -0.1) is 0 Å². The molecular formula is C15H16F2N4O3. The SMILES string of the molecule is Cn1cnn(CC(=O)N2CC(O)CC2c2cc(F)ccc2F)c1=O. The molecule has 1 aromatic heterocycles. The average Bonchev–Trinajstić information content (AvgIpc) is 3.07. The fourth-order valence-corrected chi connectivity index (χ4v) is 2.90. The van der Waals surface area contributed by atoms with Crippen molar-refractivity contribution in [1.29, 1.82) is 0 Å². The standard InChI is InChI=1S/C15H16F2N4O3/c1-19-8-18-21(15(19)24)7-14(23)20-6-10(22)5-13(20)11-4-9(16)2-3-12(11)17/h2-4,8,10,13,22H,5-7H2,1H3. The maximum Gasteiger partial charge on any atom is 0.345 e. The Bertz CT molecular complexity index is 832. The average molecular weight is 338 g/mol. The Morgan fingerprint density at radius 1 is 1.42 bits per heavy atom. The highest BCUT2D eigenvalue weighted by molar-refractivity contribution is 5.77. The number of β-amino-alcohol motifs (C(OH)–C–C–N with tert-alkyl or cyclic N) is 1. The Hall–Kier alpha value is -2.55. The van der Waals surface area contributed by atoms with E-state index < -0.39 is 35.4 Å². The van der Waals surface area contributed by atoms with Crippen LogP contribution >= 0.6 is 0 Å². The molecule has 1 aromatic carbocycles. The lowest BCUT2D eigenvalue weighted by Gasteiger charge is -2.25. The van der Waals surface area contributed by atoms with Crippen LogP contribution < -0.4 is 5.69 Å². The third-order valence-electron chi connectivity index (χ3n) is 4.09. The fraction of sp³-hybridized carbons (Fsp3) is 0.400. The van der Waals surface area contributed by atoms with Crippen LogP contribution in [0.2, 0.25) is 0 Å². The van der Waals surface area contributed by atoms with Gasteiger partial charge in [0.15, 0.2) is 0 Å². The lowest BCUT2D eigenvalue weighted by Crippen LogP contribution is -2.37. The largest absolute Gasteiger partial charge is 0.391 e. The number of aryl methyl sites for hydroxylation is 1. The summed E-state index contributed by atoms with van der Waals surface area (Å²) < 4.78 is 29.7. The number of hydrogen-bond donors (Lipinski definition) is 1. The number of amides is 1. The van der Waals surface area contributed by atoms with Crippen LogP contribution in [0.15, 0.2) is 29.3 Å². The number of carbonyl (C=O) groups excluding carboxylic acids is 1. The molecule has 2 heterocycles. The van der Waals surface area contributed by atoms with Crippen molar-refractivity contribution < 1.29 is 18.7 Å². The van der Waals surface area contributed by atoms with Gasteiger partial charge in [0.1, 0.15) is 24.5 Å². The number of likely N-dealkylation sites (tertiary alicyclic amines) is 1. The maximum atomic E-state index is 14.0. The summed E-state index contributed by atoms with van der Waals surface area (Å²) in [5, 5.41) is 13.7. The van der Waals surface area contributed by atoms with Crippen molar-refractivity contribution >= 4 is 5.91 Å². The van der Waals surface area contributed by atoms with Crippen LogP contribution in [0, 0.1) is 11.6 Å². The molecule has 2 atom stereocenters. The van der Waals surface area contributed by atoms with E-state index in [1.165, 1.54) is 22.8 Å². The summed E-state index contributed by atoms with van der Waals surface area (Å²) in [4.78, 5) is 25.5. The monoisotopic (exact) mass is 338 g/mol. The molecule has 7 nitrogen and oxygen atoms in total. The number of aliphatic hydroxyl groups is 1. The summed E-state index contributed by atoms with van der Waals surface area (Å²) >= 11 is 0. The predicted molar refractivity (Wildman–Crippen MR) is 78.9 cm³/mol. The minimum absolute atomic E-state index is 0.00766. The molecule has 24 heavy (non-hydrogen) atoms. The first-order chi connectivity index (χ1) is 11.4. The molecule has 0 radical (unpaired) electrons. The highest BCUT2D eigenvalue weighted by Gasteiger charge is 2.37. The van der Waals surface area contributed by atoms with Gasteiger partial charge in [-0.2, -0.15) is 5.10 Å². The van der Waals surface area contributed by atoms with Crippen LogP contribution in [-0.2, 0) is 18.4 Å². The smallest absolute Gasteiger partial charge is 0.345 e. The molecule has 2 unspecified atom stereocenters. The zero-order valence-electron chi connectivity index (χ0n) is 12.9. The van der Waals surface area contributed by atoms with E-state index in [4.69, 9.17) is 0 Å². The van der Waals surface area contributed by atoms with Crippen LogP contribution in [0.25, 0.3) is 0 Å². The third kappa shape index (κ3) is 2.94. The number of rotatable bonds is 3. The molecule has 1 fully saturated rings. The van der Waals surface area contributed by atoms with E-state index in [1.807, 2.05) is 0 Å². The van der Waals surface area contributed by atoms with E-state index in [0.29, 0.717) is 0 Å².